The molecule has 0 aromatic carbocycles. The Balaban J connectivity index is 2.81. The van der Waals surface area contributed by atoms with Gasteiger partial charge in [0.15, 0.2) is 0 Å². The second-order valence-electron chi connectivity index (χ2n) is 2.42. The number of rotatable bonds is 0. The number of likely N-dealkylation sites (N-methyl/N-ethyl adjacent to an activating group) is 2. The molecule has 4 nitrogen and oxygen atoms in total. The largest absolute Gasteiger partial charge is 0.301 e. The minimum atomic E-state index is 0.0926. The maximum atomic E-state index is 11.0. The molecule has 0 atom stereocenters. The first-order chi connectivity index (χ1) is 4.61. The van der Waals surface area contributed by atoms with Crippen LogP contribution in [0.5, 0.6) is 0 Å². The van der Waals surface area contributed by atoms with Crippen LogP contribution in [0.4, 0.5) is 0 Å². The van der Waals surface area contributed by atoms with Crippen LogP contribution in [-0.2, 0) is 4.79 Å². The third-order valence-electron chi connectivity index (χ3n) is 1.54. The summed E-state index contributed by atoms with van der Waals surface area (Å²) >= 11 is 0. The Bertz CT molecular complexity index is 187. The van der Waals surface area contributed by atoms with Gasteiger partial charge in [0.25, 0.3) is 0 Å². The van der Waals surface area contributed by atoms with E-state index in [0.717, 1.165) is 5.84 Å². The third kappa shape index (κ3) is 1.10. The summed E-state index contributed by atoms with van der Waals surface area (Å²) in [6, 6.07) is 0. The molecule has 0 fully saturated rings. The zero-order valence-corrected chi connectivity index (χ0v) is 6.46. The average molecular weight is 141 g/mol. The first-order valence-corrected chi connectivity index (χ1v) is 3.14. The lowest BCUT2D eigenvalue weighted by molar-refractivity contribution is -0.128. The number of carbonyl (C=O) groups excluding carboxylic acids is 1. The summed E-state index contributed by atoms with van der Waals surface area (Å²) in [5, 5.41) is 5.71. The highest BCUT2D eigenvalue weighted by atomic mass is 16.2. The van der Waals surface area contributed by atoms with E-state index in [4.69, 9.17) is 0 Å². The van der Waals surface area contributed by atoms with Gasteiger partial charge in [0.2, 0.25) is 5.91 Å². The van der Waals surface area contributed by atoms with Crippen LogP contribution in [-0.4, -0.2) is 42.3 Å². The summed E-state index contributed by atoms with van der Waals surface area (Å²) < 4.78 is 0. The highest BCUT2D eigenvalue weighted by Crippen LogP contribution is 1.99. The van der Waals surface area contributed by atoms with Crippen molar-refractivity contribution in [2.75, 3.05) is 20.6 Å². The molecule has 56 valence electrons. The quantitative estimate of drug-likeness (QED) is 0.465. The molecule has 1 rings (SSSR count). The molecule has 4 heteroatoms. The number of amides is 1. The van der Waals surface area contributed by atoms with E-state index >= 15 is 0 Å². The summed E-state index contributed by atoms with van der Waals surface area (Å²) in [5.41, 5.74) is 0. The van der Waals surface area contributed by atoms with E-state index in [1.54, 1.807) is 24.0 Å². The van der Waals surface area contributed by atoms with Gasteiger partial charge in [0.05, 0.1) is 0 Å². The van der Waals surface area contributed by atoms with Gasteiger partial charge in [-0.3, -0.25) is 9.80 Å². The minimum Gasteiger partial charge on any atom is -0.301 e. The highest BCUT2D eigenvalue weighted by molar-refractivity contribution is 5.98. The Hall–Kier alpha value is -1.06. The van der Waals surface area contributed by atoms with Crippen molar-refractivity contribution in [3.05, 3.63) is 0 Å². The molecule has 0 aromatic rings. The van der Waals surface area contributed by atoms with E-state index < -0.39 is 0 Å². The molecule has 1 aliphatic heterocycles. The van der Waals surface area contributed by atoms with Crippen molar-refractivity contribution in [1.82, 2.24) is 9.91 Å². The number of carbonyl (C=O) groups is 1. The molecule has 1 amide bonds. The summed E-state index contributed by atoms with van der Waals surface area (Å²) in [5.74, 6) is 0.841. The zero-order chi connectivity index (χ0) is 7.72. The molecule has 0 saturated carbocycles. The normalized spacial score (nSPS) is 19.5. The van der Waals surface area contributed by atoms with Crippen LogP contribution < -0.4 is 0 Å². The molecule has 0 unspecified atom stereocenters. The number of hydrazone groups is 1. The van der Waals surface area contributed by atoms with Gasteiger partial charge in [-0.05, 0) is 6.92 Å². The first-order valence-electron chi connectivity index (χ1n) is 3.14. The van der Waals surface area contributed by atoms with Gasteiger partial charge in [-0.1, -0.05) is 0 Å². The maximum absolute atomic E-state index is 11.0. The van der Waals surface area contributed by atoms with E-state index in [-0.39, 0.29) is 5.91 Å². The predicted molar refractivity (Wildman–Crippen MR) is 38.5 cm³/mol. The Kier molecular flexibility index (Phi) is 1.61. The summed E-state index contributed by atoms with van der Waals surface area (Å²) in [6.07, 6.45) is 0. The maximum Gasteiger partial charge on any atom is 0.248 e. The molecule has 1 aliphatic rings. The monoisotopic (exact) mass is 141 g/mol. The second kappa shape index (κ2) is 2.28. The van der Waals surface area contributed by atoms with Gasteiger partial charge in [-0.15, -0.1) is 0 Å². The van der Waals surface area contributed by atoms with E-state index in [2.05, 4.69) is 5.10 Å². The van der Waals surface area contributed by atoms with Crippen molar-refractivity contribution in [3.8, 4) is 0 Å². The molecular weight excluding hydrogens is 130 g/mol. The molecule has 0 radical (unpaired) electrons. The Morgan fingerprint density at radius 2 is 2.10 bits per heavy atom. The summed E-state index contributed by atoms with van der Waals surface area (Å²) in [6.45, 7) is 2.20. The number of hydrogen-bond acceptors (Lipinski definition) is 3. The van der Waals surface area contributed by atoms with Crippen molar-refractivity contribution in [1.29, 1.82) is 0 Å². The van der Waals surface area contributed by atoms with E-state index in [1.165, 1.54) is 0 Å². The Morgan fingerprint density at radius 1 is 1.50 bits per heavy atom. The Morgan fingerprint density at radius 3 is 2.60 bits per heavy atom. The highest BCUT2D eigenvalue weighted by Gasteiger charge is 2.18. The van der Waals surface area contributed by atoms with Crippen LogP contribution in [0, 0.1) is 0 Å². The topological polar surface area (TPSA) is 35.9 Å². The predicted octanol–water partition coefficient (Wildman–Crippen LogP) is -0.276. The van der Waals surface area contributed by atoms with E-state index in [1.807, 2.05) is 6.92 Å². The summed E-state index contributed by atoms with van der Waals surface area (Å²) in [4.78, 5) is 12.6. The lowest BCUT2D eigenvalue weighted by atomic mass is 10.4. The van der Waals surface area contributed by atoms with Crippen LogP contribution in [0.2, 0.25) is 0 Å². The molecule has 0 aliphatic carbocycles. The average Bonchev–Trinajstić information content (AvgIpc) is 1.82. The van der Waals surface area contributed by atoms with Crippen molar-refractivity contribution < 1.29 is 4.79 Å². The van der Waals surface area contributed by atoms with E-state index in [0.29, 0.717) is 6.54 Å². The van der Waals surface area contributed by atoms with Gasteiger partial charge < -0.3 is 4.90 Å². The fourth-order valence-corrected chi connectivity index (χ4v) is 0.832. The summed E-state index contributed by atoms with van der Waals surface area (Å²) in [7, 11) is 3.52. The second-order valence-corrected chi connectivity index (χ2v) is 2.42. The third-order valence-corrected chi connectivity index (χ3v) is 1.54. The molecule has 0 saturated heterocycles. The lowest BCUT2D eigenvalue weighted by Gasteiger charge is -2.26. The fraction of sp³-hybridized carbons (Fsp3) is 0.667. The first kappa shape index (κ1) is 7.05. The van der Waals surface area contributed by atoms with Gasteiger partial charge in [-0.2, -0.15) is 5.10 Å². The Labute approximate surface area is 60.1 Å². The molecular formula is C6H11N3O. The molecule has 0 spiro atoms. The molecule has 0 N–H and O–H groups in total. The van der Waals surface area contributed by atoms with Gasteiger partial charge >= 0.3 is 0 Å². The van der Waals surface area contributed by atoms with Crippen molar-refractivity contribution in [3.63, 3.8) is 0 Å². The molecule has 1 heterocycles. The number of nitrogens with zero attached hydrogens (tertiary/aromatic N) is 3. The van der Waals surface area contributed by atoms with Crippen LogP contribution in [0.1, 0.15) is 6.92 Å². The number of amidine groups is 1. The fourth-order valence-electron chi connectivity index (χ4n) is 0.832. The van der Waals surface area contributed by atoms with Crippen molar-refractivity contribution >= 4 is 11.7 Å². The molecule has 0 bridgehead atoms. The van der Waals surface area contributed by atoms with Crippen LogP contribution in [0.15, 0.2) is 5.10 Å². The minimum absolute atomic E-state index is 0.0926. The van der Waals surface area contributed by atoms with Crippen LogP contribution in [0.25, 0.3) is 0 Å². The van der Waals surface area contributed by atoms with Crippen LogP contribution in [0.3, 0.4) is 0 Å². The van der Waals surface area contributed by atoms with Crippen LogP contribution >= 0.6 is 0 Å². The van der Waals surface area contributed by atoms with Gasteiger partial charge in [0.1, 0.15) is 12.4 Å². The van der Waals surface area contributed by atoms with Gasteiger partial charge in [-0.25, -0.2) is 0 Å². The zero-order valence-electron chi connectivity index (χ0n) is 6.46. The SMILES string of the molecule is CC1=NN(C)CC(=O)N1C. The van der Waals surface area contributed by atoms with Crippen molar-refractivity contribution in [2.24, 2.45) is 5.10 Å². The lowest BCUT2D eigenvalue weighted by Crippen LogP contribution is -2.43. The van der Waals surface area contributed by atoms with Crippen molar-refractivity contribution in [2.45, 2.75) is 6.92 Å². The molecule has 0 aromatic heterocycles. The van der Waals surface area contributed by atoms with Gasteiger partial charge in [0, 0.05) is 14.1 Å². The smallest absolute Gasteiger partial charge is 0.248 e. The standard InChI is InChI=1S/C6H11N3O/c1-5-7-8(2)4-6(10)9(5)3/h4H2,1-3H3. The number of hydrogen-bond donors (Lipinski definition) is 0. The van der Waals surface area contributed by atoms with E-state index in [9.17, 15) is 4.79 Å². The molecule has 10 heavy (non-hydrogen) atoms.